The van der Waals surface area contributed by atoms with E-state index in [9.17, 15) is 18.3 Å². The van der Waals surface area contributed by atoms with Crippen LogP contribution in [0.5, 0.6) is 5.06 Å². The molecule has 0 amide bonds. The van der Waals surface area contributed by atoms with Crippen molar-refractivity contribution in [3.8, 4) is 5.06 Å². The van der Waals surface area contributed by atoms with Gasteiger partial charge in [0.1, 0.15) is 0 Å². The standard InChI is InChI=1S/C10H6ClF3N2OS2/c11-5-2-1-4(10(12,13)14)3-6(5)18-7-8(17)19-9(15)16-7/h1-3,17H,(H2,15,16). The first-order chi connectivity index (χ1) is 8.77. The first-order valence-electron chi connectivity index (χ1n) is 4.77. The smallest absolute Gasteiger partial charge is 0.416 e. The van der Waals surface area contributed by atoms with Crippen LogP contribution in [0.4, 0.5) is 18.3 Å². The molecule has 0 aliphatic carbocycles. The molecule has 19 heavy (non-hydrogen) atoms. The van der Waals surface area contributed by atoms with E-state index in [0.717, 1.165) is 41.3 Å². The molecule has 2 aromatic rings. The van der Waals surface area contributed by atoms with Gasteiger partial charge in [0, 0.05) is 4.90 Å². The molecule has 0 aliphatic heterocycles. The van der Waals surface area contributed by atoms with Gasteiger partial charge in [-0.25, -0.2) is 4.98 Å². The number of thiazole rings is 1. The number of hydrogen-bond acceptors (Lipinski definition) is 5. The minimum absolute atomic E-state index is 0.128. The summed E-state index contributed by atoms with van der Waals surface area (Å²) in [4.78, 5) is 3.96. The molecule has 0 spiro atoms. The van der Waals surface area contributed by atoms with Gasteiger partial charge in [-0.3, -0.25) is 0 Å². The van der Waals surface area contributed by atoms with Crippen LogP contribution in [-0.2, 0) is 6.18 Å². The predicted octanol–water partition coefficient (Wildman–Crippen LogP) is 4.25. The summed E-state index contributed by atoms with van der Waals surface area (Å²) in [7, 11) is 0. The zero-order valence-electron chi connectivity index (χ0n) is 9.03. The van der Waals surface area contributed by atoms with Gasteiger partial charge in [-0.2, -0.15) is 13.2 Å². The van der Waals surface area contributed by atoms with Gasteiger partial charge < -0.3 is 10.8 Å². The Kier molecular flexibility index (Phi) is 3.84. The van der Waals surface area contributed by atoms with Crippen LogP contribution in [0.1, 0.15) is 5.56 Å². The highest BCUT2D eigenvalue weighted by Crippen LogP contribution is 2.42. The Bertz CT molecular complexity index is 615. The maximum Gasteiger partial charge on any atom is 0.416 e. The number of halogens is 4. The Morgan fingerprint density at radius 2 is 2.05 bits per heavy atom. The molecule has 1 heterocycles. The lowest BCUT2D eigenvalue weighted by molar-refractivity contribution is -0.137. The Morgan fingerprint density at radius 3 is 2.58 bits per heavy atom. The predicted molar refractivity (Wildman–Crippen MR) is 68.8 cm³/mol. The van der Waals surface area contributed by atoms with E-state index in [0.29, 0.717) is 0 Å². The fourth-order valence-corrected chi connectivity index (χ4v) is 3.04. The average Bonchev–Trinajstić information content (AvgIpc) is 2.59. The Morgan fingerprint density at radius 1 is 1.37 bits per heavy atom. The fourth-order valence-electron chi connectivity index (χ4n) is 1.24. The fraction of sp³-hybridized carbons (Fsp3) is 0.100. The van der Waals surface area contributed by atoms with Crippen molar-refractivity contribution in [1.29, 1.82) is 0 Å². The van der Waals surface area contributed by atoms with Crippen LogP contribution in [0.25, 0.3) is 0 Å². The zero-order chi connectivity index (χ0) is 14.2. The Balaban J connectivity index is 2.37. The third-order valence-electron chi connectivity index (χ3n) is 2.06. The van der Waals surface area contributed by atoms with E-state index < -0.39 is 11.7 Å². The number of benzene rings is 1. The molecule has 1 aromatic heterocycles. The van der Waals surface area contributed by atoms with E-state index in [1.807, 2.05) is 0 Å². The van der Waals surface area contributed by atoms with Crippen molar-refractivity contribution in [2.24, 2.45) is 0 Å². The summed E-state index contributed by atoms with van der Waals surface area (Å²) in [5.41, 5.74) is 4.57. The highest BCUT2D eigenvalue weighted by atomic mass is 35.5. The largest absolute Gasteiger partial charge is 0.497 e. The number of anilines is 1. The van der Waals surface area contributed by atoms with Crippen molar-refractivity contribution in [2.75, 3.05) is 5.73 Å². The maximum absolute atomic E-state index is 12.6. The summed E-state index contributed by atoms with van der Waals surface area (Å²) in [5.74, 6) is 0. The molecule has 0 bridgehead atoms. The molecule has 1 aromatic carbocycles. The Labute approximate surface area is 119 Å². The van der Waals surface area contributed by atoms with Crippen molar-refractivity contribution < 1.29 is 18.3 Å². The van der Waals surface area contributed by atoms with Crippen molar-refractivity contribution in [1.82, 2.24) is 4.98 Å². The van der Waals surface area contributed by atoms with E-state index in [-0.39, 0.29) is 25.1 Å². The summed E-state index contributed by atoms with van der Waals surface area (Å²) < 4.78 is 37.8. The number of nitrogen functional groups attached to an aromatic ring is 1. The van der Waals surface area contributed by atoms with Gasteiger partial charge in [0.15, 0.2) is 10.2 Å². The van der Waals surface area contributed by atoms with Crippen molar-refractivity contribution in [2.45, 2.75) is 16.1 Å². The molecule has 0 atom stereocenters. The first kappa shape index (κ1) is 14.3. The van der Waals surface area contributed by atoms with Crippen LogP contribution in [0.2, 0.25) is 5.02 Å². The Hall–Kier alpha value is -1.12. The van der Waals surface area contributed by atoms with Gasteiger partial charge in [-0.15, -0.1) is 0 Å². The second kappa shape index (κ2) is 5.10. The van der Waals surface area contributed by atoms with Crippen LogP contribution in [0.15, 0.2) is 28.1 Å². The number of nitrogens with zero attached hydrogens (tertiary/aromatic N) is 1. The van der Waals surface area contributed by atoms with Gasteiger partial charge in [0.2, 0.25) is 5.06 Å². The molecule has 2 rings (SSSR count). The normalized spacial score (nSPS) is 11.8. The first-order valence-corrected chi connectivity index (χ1v) is 6.78. The van der Waals surface area contributed by atoms with Gasteiger partial charge in [0.25, 0.3) is 0 Å². The number of aromatic hydroxyl groups is 1. The highest BCUT2D eigenvalue weighted by Gasteiger charge is 2.31. The van der Waals surface area contributed by atoms with Crippen LogP contribution in [-0.4, -0.2) is 10.1 Å². The van der Waals surface area contributed by atoms with Gasteiger partial charge >= 0.3 is 6.18 Å². The van der Waals surface area contributed by atoms with Crippen LogP contribution < -0.4 is 5.73 Å². The van der Waals surface area contributed by atoms with Crippen molar-refractivity contribution in [3.63, 3.8) is 0 Å². The third-order valence-corrected chi connectivity index (χ3v) is 4.35. The number of aromatic nitrogens is 1. The molecular formula is C10H6ClF3N2OS2. The molecule has 0 saturated carbocycles. The molecule has 102 valence electrons. The van der Waals surface area contributed by atoms with E-state index in [1.165, 1.54) is 0 Å². The molecule has 0 aliphatic rings. The molecule has 3 N–H and O–H groups in total. The summed E-state index contributed by atoms with van der Waals surface area (Å²) in [6.45, 7) is 0. The molecule has 9 heteroatoms. The number of nitrogens with two attached hydrogens (primary N) is 1. The third kappa shape index (κ3) is 3.26. The second-order valence-electron chi connectivity index (χ2n) is 3.41. The number of rotatable bonds is 2. The molecular weight excluding hydrogens is 321 g/mol. The average molecular weight is 327 g/mol. The molecule has 0 unspecified atom stereocenters. The molecule has 0 saturated heterocycles. The minimum Gasteiger partial charge on any atom is -0.497 e. The monoisotopic (exact) mass is 326 g/mol. The quantitative estimate of drug-likeness (QED) is 0.866. The van der Waals surface area contributed by atoms with Gasteiger partial charge in [-0.1, -0.05) is 34.7 Å². The van der Waals surface area contributed by atoms with Crippen molar-refractivity contribution >= 4 is 39.8 Å². The van der Waals surface area contributed by atoms with Gasteiger partial charge in [-0.05, 0) is 18.2 Å². The lowest BCUT2D eigenvalue weighted by Crippen LogP contribution is -2.04. The van der Waals surface area contributed by atoms with Crippen LogP contribution >= 0.6 is 34.7 Å². The SMILES string of the molecule is Nc1nc(Sc2cc(C(F)(F)F)ccc2Cl)c(O)s1. The van der Waals surface area contributed by atoms with Crippen LogP contribution in [0, 0.1) is 0 Å². The maximum atomic E-state index is 12.6. The van der Waals surface area contributed by atoms with Crippen LogP contribution in [0.3, 0.4) is 0 Å². The van der Waals surface area contributed by atoms with Crippen molar-refractivity contribution in [3.05, 3.63) is 28.8 Å². The van der Waals surface area contributed by atoms with Gasteiger partial charge in [0.05, 0.1) is 10.6 Å². The minimum atomic E-state index is -4.46. The zero-order valence-corrected chi connectivity index (χ0v) is 11.4. The summed E-state index contributed by atoms with van der Waals surface area (Å²) in [5, 5.41) is 9.74. The lowest BCUT2D eigenvalue weighted by Gasteiger charge is -2.09. The molecule has 3 nitrogen and oxygen atoms in total. The highest BCUT2D eigenvalue weighted by molar-refractivity contribution is 7.99. The number of alkyl halides is 3. The lowest BCUT2D eigenvalue weighted by atomic mass is 10.2. The summed E-state index contributed by atoms with van der Waals surface area (Å²) >= 11 is 7.50. The second-order valence-corrected chi connectivity index (χ2v) is 5.85. The topological polar surface area (TPSA) is 59.1 Å². The van der Waals surface area contributed by atoms with E-state index in [2.05, 4.69) is 4.98 Å². The van der Waals surface area contributed by atoms with E-state index in [4.69, 9.17) is 17.3 Å². The van der Waals surface area contributed by atoms with E-state index in [1.54, 1.807) is 0 Å². The van der Waals surface area contributed by atoms with E-state index >= 15 is 0 Å². The summed E-state index contributed by atoms with van der Waals surface area (Å²) in [6, 6.07) is 2.95. The summed E-state index contributed by atoms with van der Waals surface area (Å²) in [6.07, 6.45) is -4.46. The molecule has 0 radical (unpaired) electrons. The number of hydrogen-bond donors (Lipinski definition) is 2. The molecule has 0 fully saturated rings.